The van der Waals surface area contributed by atoms with Crippen LogP contribution in [-0.4, -0.2) is 59.1 Å². The Hall–Kier alpha value is -1.65. The summed E-state index contributed by atoms with van der Waals surface area (Å²) in [6.07, 6.45) is 9.31. The maximum atomic E-state index is 4.72. The Labute approximate surface area is 157 Å². The minimum Gasteiger partial charge on any atom is -0.333 e. The summed E-state index contributed by atoms with van der Waals surface area (Å²) in [5.41, 5.74) is 1.51. The van der Waals surface area contributed by atoms with E-state index < -0.39 is 0 Å². The van der Waals surface area contributed by atoms with Crippen molar-refractivity contribution < 1.29 is 0 Å². The van der Waals surface area contributed by atoms with Gasteiger partial charge < -0.3 is 14.4 Å². The summed E-state index contributed by atoms with van der Waals surface area (Å²) in [5.74, 6) is 2.65. The van der Waals surface area contributed by atoms with Crippen LogP contribution in [0.2, 0.25) is 0 Å². The number of nitrogens with zero attached hydrogens (tertiary/aromatic N) is 4. The van der Waals surface area contributed by atoms with Crippen LogP contribution in [0.5, 0.6) is 0 Å². The molecular weight excluding hydrogens is 320 g/mol. The Kier molecular flexibility index (Phi) is 5.71. The van der Waals surface area contributed by atoms with Gasteiger partial charge >= 0.3 is 0 Å². The molecule has 0 amide bonds. The summed E-state index contributed by atoms with van der Waals surface area (Å²) in [7, 11) is 2.22. The first kappa shape index (κ1) is 17.7. The molecule has 0 N–H and O–H groups in total. The minimum absolute atomic E-state index is 0.639. The monoisotopic (exact) mass is 352 g/mol. The molecule has 0 spiro atoms. The fraction of sp³-hybridized carbons (Fsp3) is 0.591. The lowest BCUT2D eigenvalue weighted by Crippen LogP contribution is -2.37. The first-order valence-electron chi connectivity index (χ1n) is 10.3. The lowest BCUT2D eigenvalue weighted by Gasteiger charge is -2.33. The van der Waals surface area contributed by atoms with E-state index in [4.69, 9.17) is 4.98 Å². The molecule has 1 aromatic heterocycles. The van der Waals surface area contributed by atoms with Crippen molar-refractivity contribution in [3.8, 4) is 0 Å². The largest absolute Gasteiger partial charge is 0.333 e. The summed E-state index contributed by atoms with van der Waals surface area (Å²) in [6, 6.07) is 11.1. The summed E-state index contributed by atoms with van der Waals surface area (Å²) >= 11 is 0. The van der Waals surface area contributed by atoms with Crippen LogP contribution in [0.1, 0.15) is 48.9 Å². The zero-order valence-electron chi connectivity index (χ0n) is 16.1. The Morgan fingerprint density at radius 3 is 2.58 bits per heavy atom. The average Bonchev–Trinajstić information content (AvgIpc) is 3.16. The van der Waals surface area contributed by atoms with Gasteiger partial charge in [0, 0.05) is 37.9 Å². The van der Waals surface area contributed by atoms with Gasteiger partial charge in [-0.15, -0.1) is 0 Å². The number of hydrogen-bond donors (Lipinski definition) is 0. The molecule has 2 aliphatic rings. The zero-order valence-corrected chi connectivity index (χ0v) is 16.1. The highest BCUT2D eigenvalue weighted by atomic mass is 15.2. The highest BCUT2D eigenvalue weighted by molar-refractivity contribution is 5.20. The van der Waals surface area contributed by atoms with E-state index in [2.05, 4.69) is 57.9 Å². The maximum absolute atomic E-state index is 4.72. The number of benzene rings is 1. The Morgan fingerprint density at radius 1 is 0.962 bits per heavy atom. The van der Waals surface area contributed by atoms with Crippen molar-refractivity contribution >= 4 is 0 Å². The summed E-state index contributed by atoms with van der Waals surface area (Å²) < 4.78 is 2.42. The molecule has 0 radical (unpaired) electrons. The molecule has 140 valence electrons. The first-order valence-corrected chi connectivity index (χ1v) is 10.3. The van der Waals surface area contributed by atoms with Gasteiger partial charge in [0.1, 0.15) is 5.82 Å². The number of hydrogen-bond acceptors (Lipinski definition) is 3. The van der Waals surface area contributed by atoms with Crippen molar-refractivity contribution in [1.82, 2.24) is 19.4 Å². The number of likely N-dealkylation sites (tertiary alicyclic amines) is 2. The van der Waals surface area contributed by atoms with Crippen LogP contribution in [0, 0.1) is 0 Å². The van der Waals surface area contributed by atoms with Gasteiger partial charge in [-0.2, -0.15) is 0 Å². The maximum Gasteiger partial charge on any atom is 0.111 e. The van der Waals surface area contributed by atoms with Gasteiger partial charge in [-0.3, -0.25) is 0 Å². The molecule has 3 heterocycles. The second-order valence-corrected chi connectivity index (χ2v) is 8.11. The average molecular weight is 353 g/mol. The van der Waals surface area contributed by atoms with Crippen molar-refractivity contribution in [1.29, 1.82) is 0 Å². The van der Waals surface area contributed by atoms with E-state index in [1.54, 1.807) is 0 Å². The van der Waals surface area contributed by atoms with E-state index >= 15 is 0 Å². The molecule has 2 saturated heterocycles. The number of imidazole rings is 1. The van der Waals surface area contributed by atoms with Gasteiger partial charge in [0.15, 0.2) is 0 Å². The molecule has 0 bridgehead atoms. The molecule has 0 saturated carbocycles. The Morgan fingerprint density at radius 2 is 1.77 bits per heavy atom. The predicted octanol–water partition coefficient (Wildman–Crippen LogP) is 3.57. The predicted molar refractivity (Wildman–Crippen MR) is 107 cm³/mol. The molecule has 2 fully saturated rings. The lowest BCUT2D eigenvalue weighted by atomic mass is 9.91. The molecule has 4 rings (SSSR count). The van der Waals surface area contributed by atoms with E-state index in [0.29, 0.717) is 11.8 Å². The molecule has 2 aliphatic heterocycles. The van der Waals surface area contributed by atoms with Crippen molar-refractivity contribution in [3.63, 3.8) is 0 Å². The first-order chi connectivity index (χ1) is 12.8. The third kappa shape index (κ3) is 4.18. The Bertz CT molecular complexity index is 672. The van der Waals surface area contributed by atoms with Gasteiger partial charge in [-0.25, -0.2) is 4.98 Å². The Balaban J connectivity index is 1.34. The van der Waals surface area contributed by atoms with Crippen LogP contribution in [0.3, 0.4) is 0 Å². The van der Waals surface area contributed by atoms with Crippen molar-refractivity contribution in [2.45, 2.75) is 44.1 Å². The van der Waals surface area contributed by atoms with E-state index in [-0.39, 0.29) is 0 Å². The van der Waals surface area contributed by atoms with E-state index in [9.17, 15) is 0 Å². The molecular formula is C22H32N4. The molecule has 2 aromatic rings. The van der Waals surface area contributed by atoms with E-state index in [1.807, 2.05) is 6.20 Å². The van der Waals surface area contributed by atoms with Crippen LogP contribution >= 0.6 is 0 Å². The molecule has 4 heteroatoms. The minimum atomic E-state index is 0.639. The van der Waals surface area contributed by atoms with E-state index in [0.717, 1.165) is 13.1 Å². The molecule has 1 aromatic carbocycles. The quantitative estimate of drug-likeness (QED) is 0.822. The van der Waals surface area contributed by atoms with Crippen LogP contribution in [0.25, 0.3) is 0 Å². The topological polar surface area (TPSA) is 24.3 Å². The molecule has 0 aliphatic carbocycles. The number of rotatable bonds is 5. The SMILES string of the molecule is CN1CCC(c2nccn2CCN2CCC[C@@H](c3ccccc3)C2)CC1. The highest BCUT2D eigenvalue weighted by Gasteiger charge is 2.24. The van der Waals surface area contributed by atoms with Gasteiger partial charge in [0.25, 0.3) is 0 Å². The number of piperidine rings is 2. The molecule has 0 unspecified atom stereocenters. The van der Waals surface area contributed by atoms with Crippen LogP contribution in [-0.2, 0) is 6.54 Å². The number of aromatic nitrogens is 2. The summed E-state index contributed by atoms with van der Waals surface area (Å²) in [6.45, 7) is 7.04. The summed E-state index contributed by atoms with van der Waals surface area (Å²) in [4.78, 5) is 9.80. The van der Waals surface area contributed by atoms with Crippen molar-refractivity contribution in [2.24, 2.45) is 0 Å². The lowest BCUT2D eigenvalue weighted by molar-refractivity contribution is 0.198. The second-order valence-electron chi connectivity index (χ2n) is 8.11. The van der Waals surface area contributed by atoms with Crippen LogP contribution in [0.15, 0.2) is 42.7 Å². The van der Waals surface area contributed by atoms with Crippen LogP contribution in [0.4, 0.5) is 0 Å². The second kappa shape index (κ2) is 8.36. The van der Waals surface area contributed by atoms with E-state index in [1.165, 1.54) is 63.3 Å². The highest BCUT2D eigenvalue weighted by Crippen LogP contribution is 2.28. The van der Waals surface area contributed by atoms with Crippen molar-refractivity contribution in [3.05, 3.63) is 54.1 Å². The molecule has 4 nitrogen and oxygen atoms in total. The standard InChI is InChI=1S/C22H32N4/c1-24-13-9-20(10-14-24)22-23-11-15-26(22)17-16-25-12-5-8-21(18-25)19-6-3-2-4-7-19/h2-4,6-7,11,15,20-21H,5,8-10,12-14,16-18H2,1H3/t21-/m1/s1. The molecule has 26 heavy (non-hydrogen) atoms. The van der Waals surface area contributed by atoms with Crippen LogP contribution < -0.4 is 0 Å². The van der Waals surface area contributed by atoms with Crippen molar-refractivity contribution in [2.75, 3.05) is 39.8 Å². The zero-order chi connectivity index (χ0) is 17.8. The van der Waals surface area contributed by atoms with Gasteiger partial charge in [0.05, 0.1) is 0 Å². The fourth-order valence-electron chi connectivity index (χ4n) is 4.64. The fourth-order valence-corrected chi connectivity index (χ4v) is 4.64. The van der Waals surface area contributed by atoms with Gasteiger partial charge in [0.2, 0.25) is 0 Å². The third-order valence-electron chi connectivity index (χ3n) is 6.27. The molecule has 1 atom stereocenters. The third-order valence-corrected chi connectivity index (χ3v) is 6.27. The normalized spacial score (nSPS) is 23.3. The summed E-state index contributed by atoms with van der Waals surface area (Å²) in [5, 5.41) is 0. The van der Waals surface area contributed by atoms with Gasteiger partial charge in [-0.1, -0.05) is 30.3 Å². The smallest absolute Gasteiger partial charge is 0.111 e. The van der Waals surface area contributed by atoms with Gasteiger partial charge in [-0.05, 0) is 63.8 Å².